The maximum atomic E-state index is 11.5. The fraction of sp³-hybridized carbons (Fsp3) is 0.250. The highest BCUT2D eigenvalue weighted by molar-refractivity contribution is 5.73. The highest BCUT2D eigenvalue weighted by Crippen LogP contribution is 2.03. The largest absolute Gasteiger partial charge is 0.275 e. The molecule has 2 heterocycles. The zero-order valence-electron chi connectivity index (χ0n) is 6.98. The van der Waals surface area contributed by atoms with Crippen molar-refractivity contribution >= 4 is 11.0 Å². The van der Waals surface area contributed by atoms with Gasteiger partial charge in [-0.15, -0.1) is 0 Å². The van der Waals surface area contributed by atoms with Gasteiger partial charge in [0.15, 0.2) is 5.65 Å². The molecular formula is C8H9N3O. The molecule has 0 aliphatic carbocycles. The summed E-state index contributed by atoms with van der Waals surface area (Å²) in [6.07, 6.45) is 1.68. The van der Waals surface area contributed by atoms with Crippen LogP contribution < -0.4 is 5.56 Å². The average molecular weight is 163 g/mol. The van der Waals surface area contributed by atoms with Crippen LogP contribution >= 0.6 is 0 Å². The molecule has 62 valence electrons. The van der Waals surface area contributed by atoms with E-state index < -0.39 is 0 Å². The van der Waals surface area contributed by atoms with Crippen LogP contribution in [0.3, 0.4) is 0 Å². The molecule has 4 nitrogen and oxygen atoms in total. The average Bonchev–Trinajstić information content (AvgIpc) is 2.33. The molecule has 0 saturated carbocycles. The molecular weight excluding hydrogens is 154 g/mol. The molecule has 12 heavy (non-hydrogen) atoms. The van der Waals surface area contributed by atoms with Crippen LogP contribution in [0.1, 0.15) is 0 Å². The smallest absolute Gasteiger partial charge is 0.268 e. The van der Waals surface area contributed by atoms with E-state index in [9.17, 15) is 4.79 Å². The van der Waals surface area contributed by atoms with E-state index in [-0.39, 0.29) is 5.56 Å². The van der Waals surface area contributed by atoms with E-state index >= 15 is 0 Å². The van der Waals surface area contributed by atoms with Gasteiger partial charge in [-0.3, -0.25) is 14.2 Å². The first-order valence-electron chi connectivity index (χ1n) is 3.68. The van der Waals surface area contributed by atoms with Crippen LogP contribution in [-0.2, 0) is 14.1 Å². The number of hydrogen-bond donors (Lipinski definition) is 0. The Morgan fingerprint density at radius 1 is 1.33 bits per heavy atom. The zero-order chi connectivity index (χ0) is 8.72. The van der Waals surface area contributed by atoms with E-state index in [1.807, 2.05) is 7.05 Å². The lowest BCUT2D eigenvalue weighted by Crippen LogP contribution is -2.16. The molecule has 0 saturated heterocycles. The molecule has 0 fully saturated rings. The second-order valence-electron chi connectivity index (χ2n) is 2.73. The predicted octanol–water partition coefficient (Wildman–Crippen LogP) is 0.272. The lowest BCUT2D eigenvalue weighted by atomic mass is 10.3. The van der Waals surface area contributed by atoms with Gasteiger partial charge in [-0.1, -0.05) is 0 Å². The van der Waals surface area contributed by atoms with Gasteiger partial charge in [0, 0.05) is 20.3 Å². The van der Waals surface area contributed by atoms with Crippen molar-refractivity contribution in [3.8, 4) is 0 Å². The van der Waals surface area contributed by atoms with Crippen molar-refractivity contribution < 1.29 is 0 Å². The van der Waals surface area contributed by atoms with E-state index in [2.05, 4.69) is 4.98 Å². The monoisotopic (exact) mass is 163 g/mol. The molecule has 0 bridgehead atoms. The third-order valence-electron chi connectivity index (χ3n) is 2.07. The molecule has 0 aliphatic heterocycles. The van der Waals surface area contributed by atoms with Gasteiger partial charge in [0.05, 0.1) is 5.39 Å². The Labute approximate surface area is 69.0 Å². The second kappa shape index (κ2) is 2.20. The Morgan fingerprint density at radius 2 is 2.08 bits per heavy atom. The van der Waals surface area contributed by atoms with Crippen molar-refractivity contribution in [3.05, 3.63) is 28.7 Å². The van der Waals surface area contributed by atoms with Gasteiger partial charge in [0.2, 0.25) is 0 Å². The predicted molar refractivity (Wildman–Crippen MR) is 46.0 cm³/mol. The standard InChI is InChI=1S/C8H9N3O/c1-10-7-6(4-3-5-9-7)8(12)11(10)2/h3-5H,1-2H3. The molecule has 2 aromatic heterocycles. The molecule has 2 rings (SSSR count). The molecule has 0 N–H and O–H groups in total. The maximum absolute atomic E-state index is 11.5. The van der Waals surface area contributed by atoms with Crippen LogP contribution in [0.2, 0.25) is 0 Å². The Hall–Kier alpha value is -1.58. The van der Waals surface area contributed by atoms with Gasteiger partial charge in [0.1, 0.15) is 0 Å². The summed E-state index contributed by atoms with van der Waals surface area (Å²) in [6, 6.07) is 3.55. The Balaban J connectivity index is 3.09. The number of hydrogen-bond acceptors (Lipinski definition) is 2. The highest BCUT2D eigenvalue weighted by Gasteiger charge is 2.06. The lowest BCUT2D eigenvalue weighted by molar-refractivity contribution is 0.591. The van der Waals surface area contributed by atoms with Crippen molar-refractivity contribution in [2.75, 3.05) is 0 Å². The molecule has 0 spiro atoms. The van der Waals surface area contributed by atoms with Gasteiger partial charge in [-0.05, 0) is 12.1 Å². The fourth-order valence-electron chi connectivity index (χ4n) is 1.27. The topological polar surface area (TPSA) is 39.8 Å². The van der Waals surface area contributed by atoms with Gasteiger partial charge in [-0.25, -0.2) is 4.98 Å². The van der Waals surface area contributed by atoms with Gasteiger partial charge >= 0.3 is 0 Å². The molecule has 0 radical (unpaired) electrons. The van der Waals surface area contributed by atoms with E-state index in [4.69, 9.17) is 0 Å². The van der Waals surface area contributed by atoms with Crippen LogP contribution in [0.4, 0.5) is 0 Å². The summed E-state index contributed by atoms with van der Waals surface area (Å²) in [4.78, 5) is 15.6. The number of fused-ring (bicyclic) bond motifs is 1. The minimum absolute atomic E-state index is 0.000556. The third kappa shape index (κ3) is 0.717. The highest BCUT2D eigenvalue weighted by atomic mass is 16.1. The summed E-state index contributed by atoms with van der Waals surface area (Å²) in [5, 5.41) is 0.669. The summed E-state index contributed by atoms with van der Waals surface area (Å²) in [6.45, 7) is 0. The zero-order valence-corrected chi connectivity index (χ0v) is 6.98. The summed E-state index contributed by atoms with van der Waals surface area (Å²) in [5.74, 6) is 0. The Bertz CT molecular complexity index is 480. The van der Waals surface area contributed by atoms with Crippen LogP contribution in [0.25, 0.3) is 11.0 Å². The Kier molecular flexibility index (Phi) is 1.30. The van der Waals surface area contributed by atoms with Crippen LogP contribution in [0.5, 0.6) is 0 Å². The minimum atomic E-state index is 0.000556. The number of pyridine rings is 1. The van der Waals surface area contributed by atoms with Crippen LogP contribution in [-0.4, -0.2) is 14.3 Å². The fourth-order valence-corrected chi connectivity index (χ4v) is 1.27. The number of aryl methyl sites for hydroxylation is 1. The molecule has 0 unspecified atom stereocenters. The first-order valence-corrected chi connectivity index (χ1v) is 3.68. The molecule has 2 aromatic rings. The van der Waals surface area contributed by atoms with Crippen molar-refractivity contribution in [2.45, 2.75) is 0 Å². The van der Waals surface area contributed by atoms with E-state index in [0.29, 0.717) is 5.39 Å². The molecule has 0 amide bonds. The summed E-state index contributed by atoms with van der Waals surface area (Å²) in [7, 11) is 3.54. The third-order valence-corrected chi connectivity index (χ3v) is 2.07. The van der Waals surface area contributed by atoms with E-state index in [1.165, 1.54) is 4.68 Å². The van der Waals surface area contributed by atoms with Gasteiger partial charge < -0.3 is 0 Å². The van der Waals surface area contributed by atoms with Crippen LogP contribution in [0.15, 0.2) is 23.1 Å². The van der Waals surface area contributed by atoms with Crippen molar-refractivity contribution in [1.82, 2.24) is 14.3 Å². The molecule has 4 heteroatoms. The van der Waals surface area contributed by atoms with Gasteiger partial charge in [-0.2, -0.15) is 0 Å². The van der Waals surface area contributed by atoms with Crippen molar-refractivity contribution in [2.24, 2.45) is 14.1 Å². The number of aromatic nitrogens is 3. The molecule has 0 aliphatic rings. The molecule has 0 atom stereocenters. The SMILES string of the molecule is Cn1c(=O)c2cccnc2n1C. The normalized spacial score (nSPS) is 10.8. The lowest BCUT2D eigenvalue weighted by Gasteiger charge is -1.97. The quantitative estimate of drug-likeness (QED) is 0.559. The van der Waals surface area contributed by atoms with Crippen molar-refractivity contribution in [3.63, 3.8) is 0 Å². The second-order valence-corrected chi connectivity index (χ2v) is 2.73. The van der Waals surface area contributed by atoms with E-state index in [0.717, 1.165) is 5.65 Å². The number of nitrogens with zero attached hydrogens (tertiary/aromatic N) is 3. The summed E-state index contributed by atoms with van der Waals surface area (Å²) >= 11 is 0. The first-order chi connectivity index (χ1) is 5.72. The molecule has 0 aromatic carbocycles. The van der Waals surface area contributed by atoms with Crippen LogP contribution in [0, 0.1) is 0 Å². The van der Waals surface area contributed by atoms with Crippen molar-refractivity contribution in [1.29, 1.82) is 0 Å². The first kappa shape index (κ1) is 7.09. The summed E-state index contributed by atoms with van der Waals surface area (Å²) < 4.78 is 3.27. The van der Waals surface area contributed by atoms with E-state index in [1.54, 1.807) is 30.1 Å². The van der Waals surface area contributed by atoms with Gasteiger partial charge in [0.25, 0.3) is 5.56 Å². The maximum Gasteiger partial charge on any atom is 0.275 e. The number of rotatable bonds is 0. The Morgan fingerprint density at radius 3 is 2.75 bits per heavy atom. The summed E-state index contributed by atoms with van der Waals surface area (Å²) in [5.41, 5.74) is 0.727. The minimum Gasteiger partial charge on any atom is -0.268 e.